The number of fused-ring (bicyclic) bond motifs is 2. The molecule has 0 radical (unpaired) electrons. The van der Waals surface area contributed by atoms with Crippen molar-refractivity contribution in [2.75, 3.05) is 32.7 Å². The van der Waals surface area contributed by atoms with E-state index in [9.17, 15) is 0 Å². The van der Waals surface area contributed by atoms with Crippen molar-refractivity contribution in [1.82, 2.24) is 5.32 Å². The molecule has 2 aliphatic carbocycles. The zero-order valence-electron chi connectivity index (χ0n) is 16.3. The van der Waals surface area contributed by atoms with E-state index in [1.165, 1.54) is 37.5 Å². The largest absolute Gasteiger partial charge is 0.331 e. The summed E-state index contributed by atoms with van der Waals surface area (Å²) in [5.41, 5.74) is 15.0. The van der Waals surface area contributed by atoms with E-state index in [4.69, 9.17) is 17.2 Å². The first kappa shape index (κ1) is 25.1. The molecule has 2 rings (SSSR count). The summed E-state index contributed by atoms with van der Waals surface area (Å²) in [6.07, 6.45) is 13.2. The van der Waals surface area contributed by atoms with Crippen LogP contribution >= 0.6 is 0 Å². The fourth-order valence-electron chi connectivity index (χ4n) is 3.08. The molecule has 0 aromatic rings. The van der Waals surface area contributed by atoms with Gasteiger partial charge in [0.1, 0.15) is 0 Å². The number of hydrogen-bond acceptors (Lipinski definition) is 4. The smallest absolute Gasteiger partial charge is 0.00745 e. The molecule has 0 aromatic heterocycles. The molecular weight excluding hydrogens is 284 g/mol. The lowest BCUT2D eigenvalue weighted by atomic mass is 10.0. The predicted molar refractivity (Wildman–Crippen MR) is 106 cm³/mol. The number of nitrogens with one attached hydrogen (secondary N) is 1. The van der Waals surface area contributed by atoms with E-state index in [-0.39, 0.29) is 0 Å². The molecule has 2 aliphatic rings. The van der Waals surface area contributed by atoms with Crippen molar-refractivity contribution in [2.45, 2.75) is 78.6 Å². The molecule has 4 nitrogen and oxygen atoms in total. The summed E-state index contributed by atoms with van der Waals surface area (Å²) in [7, 11) is 0. The quantitative estimate of drug-likeness (QED) is 0.539. The summed E-state index contributed by atoms with van der Waals surface area (Å²) in [5.74, 6) is 2.34. The van der Waals surface area contributed by atoms with Crippen LogP contribution < -0.4 is 22.5 Å². The lowest BCUT2D eigenvalue weighted by Gasteiger charge is -2.05. The molecule has 2 fully saturated rings. The van der Waals surface area contributed by atoms with Crippen molar-refractivity contribution in [2.24, 2.45) is 29.0 Å². The zero-order valence-corrected chi connectivity index (χ0v) is 16.3. The third kappa shape index (κ3) is 19.8. The van der Waals surface area contributed by atoms with Gasteiger partial charge in [-0.15, -0.1) is 0 Å². The van der Waals surface area contributed by atoms with E-state index in [1.54, 1.807) is 32.1 Å². The molecule has 7 N–H and O–H groups in total. The van der Waals surface area contributed by atoms with Crippen molar-refractivity contribution in [3.05, 3.63) is 0 Å². The van der Waals surface area contributed by atoms with Gasteiger partial charge in [0, 0.05) is 13.1 Å². The van der Waals surface area contributed by atoms with Crippen LogP contribution in [-0.4, -0.2) is 32.7 Å². The average molecular weight is 331 g/mol. The van der Waals surface area contributed by atoms with Gasteiger partial charge in [0.25, 0.3) is 0 Å². The SMILES string of the molecule is C1CC2CCC1C2.CCCCCCNCCN.CCN.CCN. The van der Waals surface area contributed by atoms with Gasteiger partial charge in [-0.2, -0.15) is 0 Å². The summed E-state index contributed by atoms with van der Waals surface area (Å²) in [4.78, 5) is 0. The van der Waals surface area contributed by atoms with Gasteiger partial charge in [-0.25, -0.2) is 0 Å². The van der Waals surface area contributed by atoms with Crippen LogP contribution in [0, 0.1) is 11.8 Å². The van der Waals surface area contributed by atoms with Gasteiger partial charge in [0.15, 0.2) is 0 Å². The zero-order chi connectivity index (χ0) is 17.8. The Morgan fingerprint density at radius 3 is 1.52 bits per heavy atom. The molecule has 4 heteroatoms. The van der Waals surface area contributed by atoms with Crippen LogP contribution in [-0.2, 0) is 0 Å². The van der Waals surface area contributed by atoms with Crippen LogP contribution in [0.5, 0.6) is 0 Å². The van der Waals surface area contributed by atoms with E-state index in [0.717, 1.165) is 32.7 Å². The highest BCUT2D eigenvalue weighted by Gasteiger charge is 2.30. The lowest BCUT2D eigenvalue weighted by Crippen LogP contribution is -2.23. The monoisotopic (exact) mass is 330 g/mol. The Morgan fingerprint density at radius 1 is 0.739 bits per heavy atom. The predicted octanol–water partition coefficient (Wildman–Crippen LogP) is 3.24. The summed E-state index contributed by atoms with van der Waals surface area (Å²) >= 11 is 0. The van der Waals surface area contributed by atoms with Crippen molar-refractivity contribution in [3.8, 4) is 0 Å². The summed E-state index contributed by atoms with van der Waals surface area (Å²) < 4.78 is 0. The van der Waals surface area contributed by atoms with Gasteiger partial charge >= 0.3 is 0 Å². The first-order valence-electron chi connectivity index (χ1n) is 10.0. The lowest BCUT2D eigenvalue weighted by molar-refractivity contribution is 0.480. The highest BCUT2D eigenvalue weighted by atomic mass is 14.9. The molecule has 0 aromatic carbocycles. The van der Waals surface area contributed by atoms with Gasteiger partial charge in [-0.1, -0.05) is 65.7 Å². The molecule has 0 atom stereocenters. The van der Waals surface area contributed by atoms with Crippen molar-refractivity contribution >= 4 is 0 Å². The number of rotatable bonds is 7. The molecule has 142 valence electrons. The van der Waals surface area contributed by atoms with Crippen molar-refractivity contribution in [3.63, 3.8) is 0 Å². The van der Waals surface area contributed by atoms with Crippen molar-refractivity contribution in [1.29, 1.82) is 0 Å². The minimum Gasteiger partial charge on any atom is -0.331 e. The first-order chi connectivity index (χ1) is 11.2. The molecule has 0 heterocycles. The summed E-state index contributed by atoms with van der Waals surface area (Å²) in [6.45, 7) is 10.4. The Bertz CT molecular complexity index is 172. The molecule has 2 bridgehead atoms. The van der Waals surface area contributed by atoms with Crippen LogP contribution in [0.25, 0.3) is 0 Å². The third-order valence-electron chi connectivity index (χ3n) is 4.16. The Morgan fingerprint density at radius 2 is 1.22 bits per heavy atom. The van der Waals surface area contributed by atoms with Gasteiger partial charge in [-0.3, -0.25) is 0 Å². The number of hydrogen-bond donors (Lipinski definition) is 4. The van der Waals surface area contributed by atoms with E-state index < -0.39 is 0 Å². The molecule has 0 amide bonds. The summed E-state index contributed by atoms with van der Waals surface area (Å²) in [5, 5.41) is 3.27. The molecule has 0 unspecified atom stereocenters. The van der Waals surface area contributed by atoms with Crippen LogP contribution in [0.15, 0.2) is 0 Å². The van der Waals surface area contributed by atoms with Crippen LogP contribution in [0.2, 0.25) is 0 Å². The third-order valence-corrected chi connectivity index (χ3v) is 4.16. The van der Waals surface area contributed by atoms with E-state index in [1.807, 2.05) is 13.8 Å². The first-order valence-corrected chi connectivity index (χ1v) is 10.0. The molecular formula is C19H46N4. The Labute approximate surface area is 146 Å². The van der Waals surface area contributed by atoms with Gasteiger partial charge in [-0.05, 0) is 44.3 Å². The van der Waals surface area contributed by atoms with E-state index >= 15 is 0 Å². The maximum absolute atomic E-state index is 5.31. The summed E-state index contributed by atoms with van der Waals surface area (Å²) in [6, 6.07) is 0. The molecule has 2 saturated carbocycles. The molecule has 23 heavy (non-hydrogen) atoms. The highest BCUT2D eigenvalue weighted by Crippen LogP contribution is 2.43. The molecule has 0 spiro atoms. The normalized spacial score (nSPS) is 20.6. The van der Waals surface area contributed by atoms with E-state index in [2.05, 4.69) is 12.2 Å². The maximum Gasteiger partial charge on any atom is 0.00745 e. The van der Waals surface area contributed by atoms with Gasteiger partial charge in [0.2, 0.25) is 0 Å². The maximum atomic E-state index is 5.31. The van der Waals surface area contributed by atoms with Crippen LogP contribution in [0.1, 0.15) is 78.6 Å². The second-order valence-corrected chi connectivity index (χ2v) is 6.54. The van der Waals surface area contributed by atoms with Crippen molar-refractivity contribution < 1.29 is 0 Å². The molecule has 0 aliphatic heterocycles. The highest BCUT2D eigenvalue weighted by molar-refractivity contribution is 4.82. The van der Waals surface area contributed by atoms with Gasteiger partial charge in [0.05, 0.1) is 0 Å². The van der Waals surface area contributed by atoms with Crippen LogP contribution in [0.3, 0.4) is 0 Å². The Balaban J connectivity index is 0. The van der Waals surface area contributed by atoms with Crippen LogP contribution in [0.4, 0.5) is 0 Å². The minimum absolute atomic E-state index is 0.750. The standard InChI is InChI=1S/C8H20N2.C7H12.2C2H7N/c1-2-3-4-5-7-10-8-6-9;1-2-7-4-3-6(1)5-7;2*1-2-3/h10H,2-9H2,1H3;6-7H,1-5H2;2*2-3H2,1H3. The fraction of sp³-hybridized carbons (Fsp3) is 1.00. The van der Waals surface area contributed by atoms with Gasteiger partial charge < -0.3 is 22.5 Å². The average Bonchev–Trinajstić information content (AvgIpc) is 3.18. The number of unbranched alkanes of at least 4 members (excludes halogenated alkanes) is 3. The Hall–Kier alpha value is -0.160. The second kappa shape index (κ2) is 21.8. The minimum atomic E-state index is 0.750. The Kier molecular flexibility index (Phi) is 23.8. The topological polar surface area (TPSA) is 90.1 Å². The molecule has 0 saturated heterocycles. The number of nitrogens with two attached hydrogens (primary N) is 3. The fourth-order valence-corrected chi connectivity index (χ4v) is 3.08. The second-order valence-electron chi connectivity index (χ2n) is 6.54. The van der Waals surface area contributed by atoms with E-state index in [0.29, 0.717) is 0 Å².